The first-order chi connectivity index (χ1) is 11.6. The largest absolute Gasteiger partial charge is 0.383 e. The number of hydrogen-bond donors (Lipinski definition) is 0. The predicted molar refractivity (Wildman–Crippen MR) is 84.4 cm³/mol. The zero-order valence-electron chi connectivity index (χ0n) is 14.0. The number of amides is 2. The van der Waals surface area contributed by atoms with Gasteiger partial charge in [0.05, 0.1) is 18.8 Å². The Bertz CT molecular complexity index is 624. The molecule has 2 atom stereocenters. The van der Waals surface area contributed by atoms with Gasteiger partial charge in [-0.05, 0) is 19.4 Å². The van der Waals surface area contributed by atoms with Gasteiger partial charge in [0.15, 0.2) is 0 Å². The molecule has 2 aliphatic rings. The van der Waals surface area contributed by atoms with Gasteiger partial charge in [0.25, 0.3) is 5.91 Å². The highest BCUT2D eigenvalue weighted by molar-refractivity contribution is 5.92. The Kier molecular flexibility index (Phi) is 5.06. The van der Waals surface area contributed by atoms with Crippen LogP contribution in [0, 0.1) is 6.92 Å². The van der Waals surface area contributed by atoms with Crippen LogP contribution < -0.4 is 0 Å². The molecule has 8 heteroatoms. The molecule has 130 valence electrons. The Morgan fingerprint density at radius 1 is 1.50 bits per heavy atom. The molecule has 0 aliphatic carbocycles. The molecule has 0 N–H and O–H groups in total. The van der Waals surface area contributed by atoms with Crippen molar-refractivity contribution in [1.29, 1.82) is 0 Å². The summed E-state index contributed by atoms with van der Waals surface area (Å²) in [7, 11) is 1.61. The molecule has 0 aromatic carbocycles. The third-order valence-corrected chi connectivity index (χ3v) is 4.48. The fourth-order valence-electron chi connectivity index (χ4n) is 3.25. The van der Waals surface area contributed by atoms with Gasteiger partial charge in [0.1, 0.15) is 18.1 Å². The number of morpholine rings is 1. The van der Waals surface area contributed by atoms with Crippen molar-refractivity contribution in [1.82, 2.24) is 19.8 Å². The molecule has 8 nitrogen and oxygen atoms in total. The lowest BCUT2D eigenvalue weighted by molar-refractivity contribution is -0.163. The molecular weight excluding hydrogens is 312 g/mol. The second-order valence-electron chi connectivity index (χ2n) is 6.03. The molecule has 2 saturated heterocycles. The SMILES string of the molecule is COCCN1C(=O)CO[C@@H]2CCN(C(=O)c3ccnc(C)n3)C[C@@H]21. The maximum Gasteiger partial charge on any atom is 0.272 e. The van der Waals surface area contributed by atoms with Gasteiger partial charge in [-0.15, -0.1) is 0 Å². The summed E-state index contributed by atoms with van der Waals surface area (Å²) in [6.45, 7) is 3.87. The van der Waals surface area contributed by atoms with Crippen molar-refractivity contribution in [3.63, 3.8) is 0 Å². The van der Waals surface area contributed by atoms with Crippen LogP contribution in [-0.2, 0) is 14.3 Å². The van der Waals surface area contributed by atoms with E-state index < -0.39 is 0 Å². The smallest absolute Gasteiger partial charge is 0.272 e. The number of likely N-dealkylation sites (tertiary alicyclic amines) is 1. The third-order valence-electron chi connectivity index (χ3n) is 4.48. The summed E-state index contributed by atoms with van der Waals surface area (Å²) >= 11 is 0. The van der Waals surface area contributed by atoms with Crippen LogP contribution in [0.1, 0.15) is 22.7 Å². The molecule has 1 aromatic heterocycles. The number of methoxy groups -OCH3 is 1. The van der Waals surface area contributed by atoms with Crippen LogP contribution >= 0.6 is 0 Å². The quantitative estimate of drug-likeness (QED) is 0.763. The van der Waals surface area contributed by atoms with Crippen molar-refractivity contribution >= 4 is 11.8 Å². The molecular formula is C16H22N4O4. The third kappa shape index (κ3) is 3.39. The molecule has 3 rings (SSSR count). The number of piperidine rings is 1. The molecule has 0 saturated carbocycles. The number of carbonyl (C=O) groups excluding carboxylic acids is 2. The van der Waals surface area contributed by atoms with E-state index in [0.29, 0.717) is 44.2 Å². The maximum atomic E-state index is 12.7. The minimum absolute atomic E-state index is 0.0317. The fraction of sp³-hybridized carbons (Fsp3) is 0.625. The molecule has 2 fully saturated rings. The summed E-state index contributed by atoms with van der Waals surface area (Å²) in [5.74, 6) is 0.373. The van der Waals surface area contributed by atoms with Gasteiger partial charge in [-0.1, -0.05) is 0 Å². The first-order valence-electron chi connectivity index (χ1n) is 8.09. The van der Waals surface area contributed by atoms with Crippen LogP contribution in [0.3, 0.4) is 0 Å². The molecule has 0 radical (unpaired) electrons. The van der Waals surface area contributed by atoms with Gasteiger partial charge in [-0.2, -0.15) is 0 Å². The van der Waals surface area contributed by atoms with E-state index in [1.807, 2.05) is 0 Å². The highest BCUT2D eigenvalue weighted by Crippen LogP contribution is 2.24. The maximum absolute atomic E-state index is 12.7. The normalized spacial score (nSPS) is 24.0. The number of aromatic nitrogens is 2. The van der Waals surface area contributed by atoms with Crippen molar-refractivity contribution in [3.05, 3.63) is 23.8 Å². The fourth-order valence-corrected chi connectivity index (χ4v) is 3.25. The van der Waals surface area contributed by atoms with Crippen LogP contribution in [0.5, 0.6) is 0 Å². The number of hydrogen-bond acceptors (Lipinski definition) is 6. The van der Waals surface area contributed by atoms with Gasteiger partial charge in [0.2, 0.25) is 5.91 Å². The van der Waals surface area contributed by atoms with E-state index in [2.05, 4.69) is 9.97 Å². The van der Waals surface area contributed by atoms with Crippen LogP contribution in [0.25, 0.3) is 0 Å². The first-order valence-corrected chi connectivity index (χ1v) is 8.09. The predicted octanol–water partition coefficient (Wildman–Crippen LogP) is -0.127. The van der Waals surface area contributed by atoms with E-state index >= 15 is 0 Å². The minimum Gasteiger partial charge on any atom is -0.383 e. The Morgan fingerprint density at radius 3 is 3.08 bits per heavy atom. The standard InChI is InChI=1S/C16H22N4O4/c1-11-17-5-3-12(18-11)16(22)19-6-4-14-13(9-19)20(7-8-23-2)15(21)10-24-14/h3,5,13-14H,4,6-10H2,1-2H3/t13-,14+/m0/s1. The molecule has 0 bridgehead atoms. The van der Waals surface area contributed by atoms with E-state index in [1.165, 1.54) is 0 Å². The van der Waals surface area contributed by atoms with Crippen LogP contribution in [-0.4, -0.2) is 83.7 Å². The number of aryl methyl sites for hydroxylation is 1. The Balaban J connectivity index is 1.74. The average Bonchev–Trinajstić information content (AvgIpc) is 2.60. The zero-order valence-corrected chi connectivity index (χ0v) is 14.0. The second kappa shape index (κ2) is 7.23. The molecule has 2 aliphatic heterocycles. The molecule has 3 heterocycles. The lowest BCUT2D eigenvalue weighted by atomic mass is 9.98. The van der Waals surface area contributed by atoms with Crippen molar-refractivity contribution < 1.29 is 19.1 Å². The Labute approximate surface area is 140 Å². The molecule has 0 spiro atoms. The lowest BCUT2D eigenvalue weighted by Gasteiger charge is -2.46. The molecule has 0 unspecified atom stereocenters. The van der Waals surface area contributed by atoms with Crippen molar-refractivity contribution in [3.8, 4) is 0 Å². The number of rotatable bonds is 4. The lowest BCUT2D eigenvalue weighted by Crippen LogP contribution is -2.63. The van der Waals surface area contributed by atoms with Crippen LogP contribution in [0.15, 0.2) is 12.3 Å². The first kappa shape index (κ1) is 16.8. The highest BCUT2D eigenvalue weighted by Gasteiger charge is 2.41. The number of carbonyl (C=O) groups is 2. The summed E-state index contributed by atoms with van der Waals surface area (Å²) in [5, 5.41) is 0. The highest BCUT2D eigenvalue weighted by atomic mass is 16.5. The van der Waals surface area contributed by atoms with E-state index in [0.717, 1.165) is 0 Å². The molecule has 1 aromatic rings. The van der Waals surface area contributed by atoms with Gasteiger partial charge < -0.3 is 19.3 Å². The van der Waals surface area contributed by atoms with E-state index in [1.54, 1.807) is 36.1 Å². The Hall–Kier alpha value is -2.06. The van der Waals surface area contributed by atoms with Gasteiger partial charge in [0, 0.05) is 32.9 Å². The van der Waals surface area contributed by atoms with Gasteiger partial charge >= 0.3 is 0 Å². The monoisotopic (exact) mass is 334 g/mol. The van der Waals surface area contributed by atoms with E-state index in [4.69, 9.17) is 9.47 Å². The van der Waals surface area contributed by atoms with Crippen molar-refractivity contribution in [2.75, 3.05) is 40.0 Å². The summed E-state index contributed by atoms with van der Waals surface area (Å²) in [6.07, 6.45) is 2.26. The zero-order chi connectivity index (χ0) is 17.1. The number of fused-ring (bicyclic) bond motifs is 1. The summed E-state index contributed by atoms with van der Waals surface area (Å²) < 4.78 is 10.8. The van der Waals surface area contributed by atoms with Gasteiger partial charge in [-0.25, -0.2) is 9.97 Å². The summed E-state index contributed by atoms with van der Waals surface area (Å²) in [5.41, 5.74) is 0.382. The average molecular weight is 334 g/mol. The van der Waals surface area contributed by atoms with E-state index in [9.17, 15) is 9.59 Å². The second-order valence-corrected chi connectivity index (χ2v) is 6.03. The molecule has 24 heavy (non-hydrogen) atoms. The summed E-state index contributed by atoms with van der Waals surface area (Å²) in [4.78, 5) is 36.6. The van der Waals surface area contributed by atoms with Crippen LogP contribution in [0.4, 0.5) is 0 Å². The Morgan fingerprint density at radius 2 is 2.33 bits per heavy atom. The summed E-state index contributed by atoms with van der Waals surface area (Å²) in [6, 6.07) is 1.48. The number of ether oxygens (including phenoxy) is 2. The topological polar surface area (TPSA) is 84.9 Å². The number of nitrogens with zero attached hydrogens (tertiary/aromatic N) is 4. The molecule has 2 amide bonds. The van der Waals surface area contributed by atoms with Crippen molar-refractivity contribution in [2.45, 2.75) is 25.5 Å². The van der Waals surface area contributed by atoms with Gasteiger partial charge in [-0.3, -0.25) is 9.59 Å². The van der Waals surface area contributed by atoms with Crippen LogP contribution in [0.2, 0.25) is 0 Å². The minimum atomic E-state index is -0.137. The van der Waals surface area contributed by atoms with E-state index in [-0.39, 0.29) is 30.6 Å². The van der Waals surface area contributed by atoms with Crippen molar-refractivity contribution in [2.24, 2.45) is 0 Å².